The second kappa shape index (κ2) is 24.6. The zero-order valence-corrected chi connectivity index (χ0v) is 4.65. The Morgan fingerprint density at radius 1 is 1.50 bits per heavy atom. The molecule has 1 nitrogen and oxygen atoms in total. The third kappa shape index (κ3) is 83.2. The summed E-state index contributed by atoms with van der Waals surface area (Å²) in [5, 5.41) is 7.32. The maximum Gasteiger partial charge on any atom is 0.0587 e. The lowest BCUT2D eigenvalue weighted by atomic mass is 10.6. The van der Waals surface area contributed by atoms with Crippen LogP contribution >= 0.6 is 0 Å². The van der Waals surface area contributed by atoms with Crippen LogP contribution in [0.1, 0.15) is 27.2 Å². The molecule has 0 atom stereocenters. The normalized spacial score (nSPS) is 4.33. The summed E-state index contributed by atoms with van der Waals surface area (Å²) in [6, 6.07) is 1.75. The van der Waals surface area contributed by atoms with E-state index in [9.17, 15) is 0 Å². The Morgan fingerprint density at radius 3 is 1.50 bits per heavy atom. The van der Waals surface area contributed by atoms with Crippen molar-refractivity contribution in [2.75, 3.05) is 0 Å². The minimum absolute atomic E-state index is 1.25. The molecule has 0 saturated carbocycles. The highest BCUT2D eigenvalue weighted by Gasteiger charge is 1.35. The van der Waals surface area contributed by atoms with Crippen LogP contribution in [0.5, 0.6) is 0 Å². The summed E-state index contributed by atoms with van der Waals surface area (Å²) in [5.41, 5.74) is 0. The van der Waals surface area contributed by atoms with Gasteiger partial charge in [0.1, 0.15) is 0 Å². The van der Waals surface area contributed by atoms with Gasteiger partial charge in [0.05, 0.1) is 6.07 Å². The van der Waals surface area contributed by atoms with Crippen LogP contribution in [0.25, 0.3) is 0 Å². The van der Waals surface area contributed by atoms with Crippen LogP contribution in [0.2, 0.25) is 0 Å². The van der Waals surface area contributed by atoms with Gasteiger partial charge in [-0.05, 0) is 0 Å². The molecular formula is C5H11N. The second-order valence-electron chi connectivity index (χ2n) is 0.931. The average Bonchev–Trinajstić information content (AvgIpc) is 1.39. The fourth-order valence-corrected chi connectivity index (χ4v) is 0. The molecule has 0 heterocycles. The van der Waals surface area contributed by atoms with Crippen molar-refractivity contribution < 1.29 is 0 Å². The summed E-state index contributed by atoms with van der Waals surface area (Å²) in [6.45, 7) is 5.68. The Bertz CT molecular complexity index is 33.7. The third-order valence-corrected chi connectivity index (χ3v) is 0. The van der Waals surface area contributed by atoms with Crippen LogP contribution in [0.4, 0.5) is 0 Å². The van der Waals surface area contributed by atoms with E-state index in [0.29, 0.717) is 0 Å². The first-order valence-electron chi connectivity index (χ1n) is 2.14. The average molecular weight is 85.1 g/mol. The molecule has 0 aliphatic carbocycles. The summed E-state index contributed by atoms with van der Waals surface area (Å²) < 4.78 is 0. The molecule has 0 aliphatic heterocycles. The van der Waals surface area contributed by atoms with Crippen molar-refractivity contribution >= 4 is 0 Å². The van der Waals surface area contributed by atoms with Crippen molar-refractivity contribution in [2.24, 2.45) is 0 Å². The molecule has 0 fully saturated rings. The Kier molecular flexibility index (Phi) is 37.3. The Balaban J connectivity index is 0. The van der Waals surface area contributed by atoms with Gasteiger partial charge in [-0.1, -0.05) is 20.3 Å². The van der Waals surface area contributed by atoms with Crippen LogP contribution in [-0.2, 0) is 0 Å². The highest BCUT2D eigenvalue weighted by Crippen LogP contribution is 1.56. The van der Waals surface area contributed by atoms with Crippen LogP contribution in [0.15, 0.2) is 0 Å². The Labute approximate surface area is 39.6 Å². The standard InChI is InChI=1S/C3H8.C2H3N/c1-3-2;1-2-3/h3H2,1-2H3;1H3. The SMILES string of the molecule is CC#N.CCC. The summed E-state index contributed by atoms with van der Waals surface area (Å²) in [5.74, 6) is 0. The summed E-state index contributed by atoms with van der Waals surface area (Å²) in [6.07, 6.45) is 1.25. The lowest BCUT2D eigenvalue weighted by molar-refractivity contribution is 1.09. The van der Waals surface area contributed by atoms with Crippen molar-refractivity contribution in [3.8, 4) is 6.07 Å². The fraction of sp³-hybridized carbons (Fsp3) is 0.800. The van der Waals surface area contributed by atoms with Crippen molar-refractivity contribution in [1.29, 1.82) is 5.26 Å². The van der Waals surface area contributed by atoms with Gasteiger partial charge in [0, 0.05) is 6.92 Å². The molecule has 0 radical (unpaired) electrons. The van der Waals surface area contributed by atoms with Gasteiger partial charge in [-0.25, -0.2) is 0 Å². The third-order valence-electron chi connectivity index (χ3n) is 0. The van der Waals surface area contributed by atoms with E-state index in [1.807, 2.05) is 0 Å². The smallest absolute Gasteiger partial charge is 0.0587 e. The first-order chi connectivity index (χ1) is 2.83. The molecule has 6 heavy (non-hydrogen) atoms. The number of nitriles is 1. The van der Waals surface area contributed by atoms with E-state index < -0.39 is 0 Å². The highest BCUT2D eigenvalue weighted by molar-refractivity contribution is 4.51. The number of hydrogen-bond donors (Lipinski definition) is 0. The molecule has 0 spiro atoms. The van der Waals surface area contributed by atoms with Crippen LogP contribution in [-0.4, -0.2) is 0 Å². The molecule has 0 aromatic rings. The maximum atomic E-state index is 7.32. The number of nitrogens with zero attached hydrogens (tertiary/aromatic N) is 1. The minimum atomic E-state index is 1.25. The largest absolute Gasteiger partial charge is 0.199 e. The molecule has 1 heteroatoms. The highest BCUT2D eigenvalue weighted by atomic mass is 14.2. The van der Waals surface area contributed by atoms with Gasteiger partial charge in [-0.3, -0.25) is 0 Å². The van der Waals surface area contributed by atoms with Gasteiger partial charge in [0.2, 0.25) is 0 Å². The van der Waals surface area contributed by atoms with Gasteiger partial charge in [-0.15, -0.1) is 0 Å². The van der Waals surface area contributed by atoms with E-state index in [1.54, 1.807) is 6.07 Å². The van der Waals surface area contributed by atoms with E-state index in [2.05, 4.69) is 13.8 Å². The summed E-state index contributed by atoms with van der Waals surface area (Å²) in [7, 11) is 0. The van der Waals surface area contributed by atoms with Gasteiger partial charge in [0.15, 0.2) is 0 Å². The minimum Gasteiger partial charge on any atom is -0.199 e. The van der Waals surface area contributed by atoms with Gasteiger partial charge in [0.25, 0.3) is 0 Å². The predicted octanol–water partition coefficient (Wildman–Crippen LogP) is 1.95. The van der Waals surface area contributed by atoms with Crippen molar-refractivity contribution in [3.63, 3.8) is 0 Å². The molecular weight excluding hydrogens is 74.1 g/mol. The fourth-order valence-electron chi connectivity index (χ4n) is 0. The summed E-state index contributed by atoms with van der Waals surface area (Å²) in [4.78, 5) is 0. The van der Waals surface area contributed by atoms with Gasteiger partial charge < -0.3 is 0 Å². The van der Waals surface area contributed by atoms with E-state index >= 15 is 0 Å². The molecule has 0 N–H and O–H groups in total. The molecule has 0 amide bonds. The lowest BCUT2D eigenvalue weighted by Gasteiger charge is -1.48. The molecule has 0 bridgehead atoms. The van der Waals surface area contributed by atoms with Crippen molar-refractivity contribution in [2.45, 2.75) is 27.2 Å². The molecule has 0 unspecified atom stereocenters. The van der Waals surface area contributed by atoms with E-state index in [1.165, 1.54) is 13.3 Å². The van der Waals surface area contributed by atoms with E-state index in [4.69, 9.17) is 5.26 Å². The Hall–Kier alpha value is -0.510. The lowest BCUT2D eigenvalue weighted by Crippen LogP contribution is -1.27. The summed E-state index contributed by atoms with van der Waals surface area (Å²) >= 11 is 0. The van der Waals surface area contributed by atoms with Crippen LogP contribution < -0.4 is 0 Å². The van der Waals surface area contributed by atoms with Gasteiger partial charge >= 0.3 is 0 Å². The Morgan fingerprint density at radius 2 is 1.50 bits per heavy atom. The zero-order chi connectivity index (χ0) is 5.41. The van der Waals surface area contributed by atoms with Crippen LogP contribution in [0.3, 0.4) is 0 Å². The number of hydrogen-bond acceptors (Lipinski definition) is 1. The predicted molar refractivity (Wildman–Crippen MR) is 27.3 cm³/mol. The van der Waals surface area contributed by atoms with E-state index in [0.717, 1.165) is 0 Å². The molecule has 0 aliphatic rings. The monoisotopic (exact) mass is 85.1 g/mol. The first kappa shape index (κ1) is 9.09. The first-order valence-corrected chi connectivity index (χ1v) is 2.14. The van der Waals surface area contributed by atoms with Crippen molar-refractivity contribution in [3.05, 3.63) is 0 Å². The molecule has 0 aromatic carbocycles. The van der Waals surface area contributed by atoms with E-state index in [-0.39, 0.29) is 0 Å². The second-order valence-corrected chi connectivity index (χ2v) is 0.931. The molecule has 36 valence electrons. The maximum absolute atomic E-state index is 7.32. The zero-order valence-electron chi connectivity index (χ0n) is 4.65. The molecule has 0 rings (SSSR count). The topological polar surface area (TPSA) is 23.8 Å². The molecule has 0 saturated heterocycles. The number of rotatable bonds is 0. The van der Waals surface area contributed by atoms with Crippen molar-refractivity contribution in [1.82, 2.24) is 0 Å². The quantitative estimate of drug-likeness (QED) is 0.441. The molecule has 0 aromatic heterocycles. The van der Waals surface area contributed by atoms with Crippen LogP contribution in [0, 0.1) is 11.3 Å². The van der Waals surface area contributed by atoms with Gasteiger partial charge in [-0.2, -0.15) is 5.26 Å².